The van der Waals surface area contributed by atoms with E-state index in [1.165, 1.54) is 11.3 Å². The number of hydrogen-bond acceptors (Lipinski definition) is 4. The summed E-state index contributed by atoms with van der Waals surface area (Å²) in [5, 5.41) is 5.26. The molecule has 6 heteroatoms. The summed E-state index contributed by atoms with van der Waals surface area (Å²) in [6.45, 7) is 4.26. The van der Waals surface area contributed by atoms with Gasteiger partial charge < -0.3 is 9.88 Å². The second-order valence-corrected chi connectivity index (χ2v) is 6.46. The summed E-state index contributed by atoms with van der Waals surface area (Å²) < 4.78 is 2.11. The van der Waals surface area contributed by atoms with Gasteiger partial charge in [-0.15, -0.1) is 11.3 Å². The third-order valence-electron chi connectivity index (χ3n) is 3.54. The molecule has 0 saturated carbocycles. The van der Waals surface area contributed by atoms with Gasteiger partial charge in [-0.05, 0) is 17.7 Å². The van der Waals surface area contributed by atoms with Crippen LogP contribution in [-0.4, -0.2) is 20.4 Å². The van der Waals surface area contributed by atoms with Crippen molar-refractivity contribution in [2.24, 2.45) is 7.05 Å². The molecule has 22 heavy (non-hydrogen) atoms. The molecule has 1 amide bonds. The fraction of sp³-hybridized carbons (Fsp3) is 0.312. The third kappa shape index (κ3) is 2.87. The third-order valence-corrected chi connectivity index (χ3v) is 4.23. The molecule has 0 bridgehead atoms. The van der Waals surface area contributed by atoms with E-state index in [-0.39, 0.29) is 5.91 Å². The van der Waals surface area contributed by atoms with E-state index in [2.05, 4.69) is 33.7 Å². The number of amides is 1. The van der Waals surface area contributed by atoms with E-state index in [1.54, 1.807) is 6.20 Å². The van der Waals surface area contributed by atoms with Gasteiger partial charge in [0.2, 0.25) is 5.91 Å². The number of imidazole rings is 1. The summed E-state index contributed by atoms with van der Waals surface area (Å²) >= 11 is 1.41. The van der Waals surface area contributed by atoms with Gasteiger partial charge in [-0.1, -0.05) is 19.9 Å². The molecule has 1 N–H and O–H groups in total. The zero-order valence-electron chi connectivity index (χ0n) is 12.8. The van der Waals surface area contributed by atoms with Crippen molar-refractivity contribution in [3.63, 3.8) is 0 Å². The molecule has 0 aliphatic heterocycles. The predicted molar refractivity (Wildman–Crippen MR) is 89.3 cm³/mol. The molecule has 114 valence electrons. The summed E-state index contributed by atoms with van der Waals surface area (Å²) in [6.07, 6.45) is 2.00. The number of aromatic nitrogens is 3. The van der Waals surface area contributed by atoms with Gasteiger partial charge in [0.15, 0.2) is 5.13 Å². The molecule has 0 saturated heterocycles. The van der Waals surface area contributed by atoms with Crippen LogP contribution in [0.1, 0.15) is 31.2 Å². The largest absolute Gasteiger partial charge is 0.331 e. The van der Waals surface area contributed by atoms with Crippen LogP contribution in [0.3, 0.4) is 0 Å². The fourth-order valence-electron chi connectivity index (χ4n) is 2.52. The number of nitrogens with one attached hydrogen (secondary N) is 1. The Bertz CT molecular complexity index is 805. The molecule has 3 aromatic rings. The van der Waals surface area contributed by atoms with Crippen LogP contribution in [0.4, 0.5) is 5.13 Å². The molecular weight excluding hydrogens is 296 g/mol. The summed E-state index contributed by atoms with van der Waals surface area (Å²) in [5.74, 6) is 1.36. The maximum absolute atomic E-state index is 12.0. The summed E-state index contributed by atoms with van der Waals surface area (Å²) in [5.41, 5.74) is 2.98. The average Bonchev–Trinajstić information content (AvgIpc) is 3.07. The second kappa shape index (κ2) is 5.88. The Labute approximate surface area is 133 Å². The fourth-order valence-corrected chi connectivity index (χ4v) is 3.07. The van der Waals surface area contributed by atoms with Crippen molar-refractivity contribution in [1.82, 2.24) is 14.5 Å². The number of nitrogens with zero attached hydrogens (tertiary/aromatic N) is 3. The van der Waals surface area contributed by atoms with Gasteiger partial charge in [0.1, 0.15) is 5.82 Å². The monoisotopic (exact) mass is 314 g/mol. The van der Waals surface area contributed by atoms with Crippen molar-refractivity contribution < 1.29 is 4.79 Å². The van der Waals surface area contributed by atoms with E-state index in [0.717, 1.165) is 22.4 Å². The quantitative estimate of drug-likeness (QED) is 0.803. The molecule has 2 heterocycles. The Balaban J connectivity index is 1.81. The first-order chi connectivity index (χ1) is 10.5. The normalized spacial score (nSPS) is 11.3. The Morgan fingerprint density at radius 2 is 2.23 bits per heavy atom. The van der Waals surface area contributed by atoms with Gasteiger partial charge in [0.25, 0.3) is 0 Å². The molecule has 2 aromatic heterocycles. The zero-order valence-corrected chi connectivity index (χ0v) is 13.6. The Hall–Kier alpha value is -2.21. The van der Waals surface area contributed by atoms with Crippen molar-refractivity contribution in [2.75, 3.05) is 5.32 Å². The molecule has 0 aliphatic rings. The highest BCUT2D eigenvalue weighted by Gasteiger charge is 2.12. The van der Waals surface area contributed by atoms with Crippen molar-refractivity contribution in [1.29, 1.82) is 0 Å². The SMILES string of the molecule is CC(C)c1nc2cc(CC(=O)Nc3nccs3)ccc2n1C. The van der Waals surface area contributed by atoms with E-state index < -0.39 is 0 Å². The number of carbonyl (C=O) groups excluding carboxylic acids is 1. The number of benzene rings is 1. The van der Waals surface area contributed by atoms with Crippen LogP contribution in [0.2, 0.25) is 0 Å². The molecule has 0 radical (unpaired) electrons. The molecule has 0 fully saturated rings. The van der Waals surface area contributed by atoms with Crippen LogP contribution >= 0.6 is 11.3 Å². The van der Waals surface area contributed by atoms with Crippen molar-refractivity contribution in [3.8, 4) is 0 Å². The molecule has 0 spiro atoms. The van der Waals surface area contributed by atoms with E-state index in [4.69, 9.17) is 0 Å². The molecule has 0 aliphatic carbocycles. The molecule has 0 atom stereocenters. The molecule has 1 aromatic carbocycles. The van der Waals surface area contributed by atoms with Crippen LogP contribution in [0.15, 0.2) is 29.8 Å². The number of anilines is 1. The molecule has 5 nitrogen and oxygen atoms in total. The average molecular weight is 314 g/mol. The number of aryl methyl sites for hydroxylation is 1. The lowest BCUT2D eigenvalue weighted by molar-refractivity contribution is -0.115. The smallest absolute Gasteiger partial charge is 0.230 e. The van der Waals surface area contributed by atoms with Gasteiger partial charge in [0, 0.05) is 24.5 Å². The summed E-state index contributed by atoms with van der Waals surface area (Å²) in [7, 11) is 2.03. The highest BCUT2D eigenvalue weighted by atomic mass is 32.1. The van der Waals surface area contributed by atoms with Crippen LogP contribution in [0.5, 0.6) is 0 Å². The van der Waals surface area contributed by atoms with Gasteiger partial charge in [-0.25, -0.2) is 9.97 Å². The van der Waals surface area contributed by atoms with Gasteiger partial charge >= 0.3 is 0 Å². The Morgan fingerprint density at radius 3 is 2.91 bits per heavy atom. The minimum Gasteiger partial charge on any atom is -0.331 e. The zero-order chi connectivity index (χ0) is 15.7. The molecular formula is C16H18N4OS. The lowest BCUT2D eigenvalue weighted by Gasteiger charge is -2.04. The first kappa shape index (κ1) is 14.7. The molecule has 0 unspecified atom stereocenters. The number of hydrogen-bond donors (Lipinski definition) is 1. The van der Waals surface area contributed by atoms with Crippen LogP contribution in [0, 0.1) is 0 Å². The predicted octanol–water partition coefficient (Wildman–Crippen LogP) is 3.33. The maximum Gasteiger partial charge on any atom is 0.230 e. The van der Waals surface area contributed by atoms with Crippen molar-refractivity contribution in [3.05, 3.63) is 41.2 Å². The summed E-state index contributed by atoms with van der Waals surface area (Å²) in [4.78, 5) is 20.8. The van der Waals surface area contributed by atoms with Crippen molar-refractivity contribution in [2.45, 2.75) is 26.2 Å². The van der Waals surface area contributed by atoms with Gasteiger partial charge in [0.05, 0.1) is 17.5 Å². The summed E-state index contributed by atoms with van der Waals surface area (Å²) in [6, 6.07) is 6.00. The van der Waals surface area contributed by atoms with Crippen molar-refractivity contribution >= 4 is 33.4 Å². The highest BCUT2D eigenvalue weighted by molar-refractivity contribution is 7.13. The Morgan fingerprint density at radius 1 is 1.41 bits per heavy atom. The topological polar surface area (TPSA) is 59.8 Å². The Kier molecular flexibility index (Phi) is 3.94. The van der Waals surface area contributed by atoms with Crippen LogP contribution in [-0.2, 0) is 18.3 Å². The van der Waals surface area contributed by atoms with E-state index in [9.17, 15) is 4.79 Å². The number of rotatable bonds is 4. The number of fused-ring (bicyclic) bond motifs is 1. The standard InChI is InChI=1S/C16H18N4OS/c1-10(2)15-18-12-8-11(4-5-13(12)20(15)3)9-14(21)19-16-17-6-7-22-16/h4-8,10H,9H2,1-3H3,(H,17,19,21). The first-order valence-corrected chi connectivity index (χ1v) is 8.07. The van der Waals surface area contributed by atoms with E-state index in [1.807, 2.05) is 30.6 Å². The van der Waals surface area contributed by atoms with Crippen LogP contribution < -0.4 is 5.32 Å². The minimum absolute atomic E-state index is 0.0608. The van der Waals surface area contributed by atoms with Gasteiger partial charge in [-0.3, -0.25) is 4.79 Å². The van der Waals surface area contributed by atoms with E-state index in [0.29, 0.717) is 17.5 Å². The second-order valence-electron chi connectivity index (χ2n) is 5.57. The maximum atomic E-state index is 12.0. The highest BCUT2D eigenvalue weighted by Crippen LogP contribution is 2.22. The minimum atomic E-state index is -0.0608. The van der Waals surface area contributed by atoms with Gasteiger partial charge in [-0.2, -0.15) is 0 Å². The number of thiazole rings is 1. The molecule has 3 rings (SSSR count). The van der Waals surface area contributed by atoms with Crippen LogP contribution in [0.25, 0.3) is 11.0 Å². The first-order valence-electron chi connectivity index (χ1n) is 7.19. The lowest BCUT2D eigenvalue weighted by Crippen LogP contribution is -2.14. The number of carbonyl (C=O) groups is 1. The van der Waals surface area contributed by atoms with E-state index >= 15 is 0 Å². The lowest BCUT2D eigenvalue weighted by atomic mass is 10.1.